The molecule has 72 valence electrons. The number of nitrogens with zero attached hydrogens (tertiary/aromatic N) is 2. The van der Waals surface area contributed by atoms with Crippen molar-refractivity contribution in [1.29, 1.82) is 0 Å². The fourth-order valence-corrected chi connectivity index (χ4v) is 2.92. The van der Waals surface area contributed by atoms with Gasteiger partial charge in [0.05, 0.1) is 6.54 Å². The molecule has 3 heterocycles. The van der Waals surface area contributed by atoms with Gasteiger partial charge in [0.25, 0.3) is 6.02 Å². The van der Waals surface area contributed by atoms with Gasteiger partial charge in [-0.2, -0.15) is 0 Å². The number of nitrogens with two attached hydrogens (primary N) is 1. The van der Waals surface area contributed by atoms with Crippen molar-refractivity contribution in [2.45, 2.75) is 18.4 Å². The Morgan fingerprint density at radius 3 is 3.23 bits per heavy atom. The zero-order valence-corrected chi connectivity index (χ0v) is 7.70. The summed E-state index contributed by atoms with van der Waals surface area (Å²) < 4.78 is 5.71. The van der Waals surface area contributed by atoms with Crippen LogP contribution in [0.15, 0.2) is 4.99 Å². The Balaban J connectivity index is 1.85. The third-order valence-electron chi connectivity index (χ3n) is 3.55. The van der Waals surface area contributed by atoms with Crippen molar-refractivity contribution in [2.24, 2.45) is 16.6 Å². The minimum atomic E-state index is -0.0411. The Hall–Kier alpha value is -0.770. The van der Waals surface area contributed by atoms with Crippen LogP contribution < -0.4 is 5.73 Å². The molecule has 0 aromatic heterocycles. The molecule has 0 radical (unpaired) electrons. The number of piperidine rings is 1. The van der Waals surface area contributed by atoms with Gasteiger partial charge in [0.1, 0.15) is 5.60 Å². The smallest absolute Gasteiger partial charge is 0.282 e. The first-order valence-corrected chi connectivity index (χ1v) is 5.00. The van der Waals surface area contributed by atoms with E-state index in [9.17, 15) is 0 Å². The summed E-state index contributed by atoms with van der Waals surface area (Å²) in [5, 5.41) is 0. The highest BCUT2D eigenvalue weighted by molar-refractivity contribution is 5.73. The van der Waals surface area contributed by atoms with Crippen LogP contribution in [0.5, 0.6) is 0 Å². The first-order valence-electron chi connectivity index (χ1n) is 5.00. The maximum atomic E-state index is 5.71. The van der Waals surface area contributed by atoms with Gasteiger partial charge < -0.3 is 10.5 Å². The quantitative estimate of drug-likeness (QED) is 0.563. The van der Waals surface area contributed by atoms with Crippen molar-refractivity contribution in [3.05, 3.63) is 0 Å². The number of rotatable bonds is 0. The number of hydrogen-bond donors (Lipinski definition) is 1. The summed E-state index contributed by atoms with van der Waals surface area (Å²) in [7, 11) is 0. The lowest BCUT2D eigenvalue weighted by Gasteiger charge is -2.28. The largest absolute Gasteiger partial charge is 0.455 e. The minimum absolute atomic E-state index is 0.0411. The molecule has 2 saturated heterocycles. The first kappa shape index (κ1) is 7.62. The molecule has 3 rings (SSSR count). The third-order valence-corrected chi connectivity index (χ3v) is 3.55. The molecule has 0 aliphatic carbocycles. The summed E-state index contributed by atoms with van der Waals surface area (Å²) in [5.74, 6) is 0.658. The van der Waals surface area contributed by atoms with E-state index in [2.05, 4.69) is 9.89 Å². The highest BCUT2D eigenvalue weighted by Gasteiger charge is 2.52. The Labute approximate surface area is 77.7 Å². The van der Waals surface area contributed by atoms with E-state index in [1.54, 1.807) is 0 Å². The van der Waals surface area contributed by atoms with Gasteiger partial charge in [-0.15, -0.1) is 0 Å². The van der Waals surface area contributed by atoms with Gasteiger partial charge in [-0.25, -0.2) is 4.99 Å². The van der Waals surface area contributed by atoms with Crippen molar-refractivity contribution >= 4 is 6.02 Å². The lowest BCUT2D eigenvalue weighted by Crippen LogP contribution is -2.42. The normalized spacial score (nSPS) is 47.8. The number of aliphatic imine (C=N–C) groups is 1. The third kappa shape index (κ3) is 0.981. The van der Waals surface area contributed by atoms with Crippen LogP contribution in [0.25, 0.3) is 0 Å². The zero-order chi connectivity index (χ0) is 8.89. The van der Waals surface area contributed by atoms with E-state index < -0.39 is 0 Å². The first-order chi connectivity index (χ1) is 6.28. The van der Waals surface area contributed by atoms with Crippen molar-refractivity contribution in [3.8, 4) is 0 Å². The van der Waals surface area contributed by atoms with Gasteiger partial charge in [0, 0.05) is 19.0 Å². The van der Waals surface area contributed by atoms with Crippen molar-refractivity contribution in [2.75, 3.05) is 26.2 Å². The summed E-state index contributed by atoms with van der Waals surface area (Å²) in [6, 6.07) is 0.397. The van der Waals surface area contributed by atoms with Crippen molar-refractivity contribution < 1.29 is 4.74 Å². The molecule has 2 fully saturated rings. The summed E-state index contributed by atoms with van der Waals surface area (Å²) in [6.07, 6.45) is 2.58. The summed E-state index contributed by atoms with van der Waals surface area (Å²) >= 11 is 0. The van der Waals surface area contributed by atoms with Gasteiger partial charge in [0.15, 0.2) is 0 Å². The van der Waals surface area contributed by atoms with Crippen LogP contribution in [-0.4, -0.2) is 42.7 Å². The molecule has 3 atom stereocenters. The lowest BCUT2D eigenvalue weighted by molar-refractivity contribution is 0.0574. The van der Waals surface area contributed by atoms with E-state index in [1.807, 2.05) is 0 Å². The van der Waals surface area contributed by atoms with E-state index in [4.69, 9.17) is 10.5 Å². The van der Waals surface area contributed by atoms with E-state index in [-0.39, 0.29) is 5.60 Å². The zero-order valence-electron chi connectivity index (χ0n) is 7.70. The highest BCUT2D eigenvalue weighted by atomic mass is 16.5. The van der Waals surface area contributed by atoms with Gasteiger partial charge in [-0.05, 0) is 19.4 Å². The molecule has 3 aliphatic rings. The van der Waals surface area contributed by atoms with Crippen LogP contribution >= 0.6 is 0 Å². The van der Waals surface area contributed by atoms with Crippen LogP contribution in [0.4, 0.5) is 0 Å². The van der Waals surface area contributed by atoms with Gasteiger partial charge in [0.2, 0.25) is 0 Å². The standard InChI is InChI=1S/C9H15N3O/c10-8-11-5-9(13-8)6-12-3-1-2-7(9)4-12/h7H,1-6H2,(H2,10,11). The van der Waals surface area contributed by atoms with E-state index >= 15 is 0 Å². The average molecular weight is 181 g/mol. The van der Waals surface area contributed by atoms with Crippen LogP contribution in [0.1, 0.15) is 12.8 Å². The van der Waals surface area contributed by atoms with Gasteiger partial charge >= 0.3 is 0 Å². The molecular weight excluding hydrogens is 166 g/mol. The number of hydrogen-bond acceptors (Lipinski definition) is 4. The molecule has 0 aromatic carbocycles. The second kappa shape index (κ2) is 2.38. The molecule has 1 spiro atoms. The summed E-state index contributed by atoms with van der Waals surface area (Å²) in [5.41, 5.74) is 5.54. The lowest BCUT2D eigenvalue weighted by atomic mass is 9.87. The molecule has 13 heavy (non-hydrogen) atoms. The van der Waals surface area contributed by atoms with Crippen LogP contribution in [0, 0.1) is 5.92 Å². The monoisotopic (exact) mass is 181 g/mol. The molecule has 4 nitrogen and oxygen atoms in total. The Morgan fingerprint density at radius 2 is 2.54 bits per heavy atom. The molecule has 3 aliphatic heterocycles. The second-order valence-corrected chi connectivity index (χ2v) is 4.40. The Kier molecular flexibility index (Phi) is 1.39. The second-order valence-electron chi connectivity index (χ2n) is 4.40. The van der Waals surface area contributed by atoms with Gasteiger partial charge in [-0.3, -0.25) is 4.90 Å². The Bertz CT molecular complexity index is 266. The maximum Gasteiger partial charge on any atom is 0.282 e. The van der Waals surface area contributed by atoms with E-state index in [0.29, 0.717) is 11.9 Å². The van der Waals surface area contributed by atoms with E-state index in [1.165, 1.54) is 25.9 Å². The Morgan fingerprint density at radius 1 is 1.62 bits per heavy atom. The highest BCUT2D eigenvalue weighted by Crippen LogP contribution is 2.39. The van der Waals surface area contributed by atoms with Gasteiger partial charge in [-0.1, -0.05) is 0 Å². The van der Waals surface area contributed by atoms with Crippen molar-refractivity contribution in [3.63, 3.8) is 0 Å². The predicted octanol–water partition coefficient (Wildman–Crippen LogP) is -0.204. The van der Waals surface area contributed by atoms with E-state index in [0.717, 1.165) is 13.1 Å². The van der Waals surface area contributed by atoms with Crippen LogP contribution in [-0.2, 0) is 4.74 Å². The van der Waals surface area contributed by atoms with Crippen LogP contribution in [0.3, 0.4) is 0 Å². The summed E-state index contributed by atoms with van der Waals surface area (Å²) in [4.78, 5) is 6.65. The average Bonchev–Trinajstić information content (AvgIpc) is 2.58. The summed E-state index contributed by atoms with van der Waals surface area (Å²) in [6.45, 7) is 4.21. The topological polar surface area (TPSA) is 50.8 Å². The molecule has 4 heteroatoms. The fourth-order valence-electron chi connectivity index (χ4n) is 2.92. The molecule has 3 unspecified atom stereocenters. The molecule has 0 saturated carbocycles. The molecule has 2 bridgehead atoms. The molecule has 0 amide bonds. The van der Waals surface area contributed by atoms with Crippen LogP contribution in [0.2, 0.25) is 0 Å². The number of fused-ring (bicyclic) bond motifs is 3. The fraction of sp³-hybridized carbons (Fsp3) is 0.889. The molecular formula is C9H15N3O. The predicted molar refractivity (Wildman–Crippen MR) is 49.5 cm³/mol. The van der Waals surface area contributed by atoms with Crippen molar-refractivity contribution in [1.82, 2.24) is 4.90 Å². The minimum Gasteiger partial charge on any atom is -0.455 e. The maximum absolute atomic E-state index is 5.71. The molecule has 0 aromatic rings. The number of ether oxygens (including phenoxy) is 1. The molecule has 2 N–H and O–H groups in total. The SMILES string of the molecule is NC1=NCC2(CN3CCCC2C3)O1. The number of amidine groups is 1.